The van der Waals surface area contributed by atoms with Gasteiger partial charge >= 0.3 is 6.03 Å². The Hall–Kier alpha value is -1.18. The second-order valence-corrected chi connectivity index (χ2v) is 5.59. The van der Waals surface area contributed by atoms with Crippen LogP contribution in [0.1, 0.15) is 13.8 Å². The van der Waals surface area contributed by atoms with Crippen molar-refractivity contribution in [2.24, 2.45) is 0 Å². The number of ether oxygens (including phenoxy) is 1. The molecule has 7 heteroatoms. The van der Waals surface area contributed by atoms with Crippen molar-refractivity contribution in [2.75, 3.05) is 59.0 Å². The van der Waals surface area contributed by atoms with Gasteiger partial charge < -0.3 is 10.1 Å². The van der Waals surface area contributed by atoms with Crippen LogP contribution in [-0.4, -0.2) is 91.7 Å². The van der Waals surface area contributed by atoms with Gasteiger partial charge in [0.2, 0.25) is 5.91 Å². The first kappa shape index (κ1) is 16.2. The Morgan fingerprint density at radius 1 is 1.38 bits per heavy atom. The van der Waals surface area contributed by atoms with Crippen LogP contribution in [0.25, 0.3) is 0 Å². The number of piperazine rings is 1. The fraction of sp³-hybridized carbons (Fsp3) is 0.857. The number of imide groups is 1. The zero-order valence-corrected chi connectivity index (χ0v) is 13.0. The highest BCUT2D eigenvalue weighted by atomic mass is 16.5. The second kappa shape index (κ2) is 7.72. The van der Waals surface area contributed by atoms with Crippen molar-refractivity contribution in [1.82, 2.24) is 20.0 Å². The summed E-state index contributed by atoms with van der Waals surface area (Å²) in [5, 5.41) is 2.66. The van der Waals surface area contributed by atoms with E-state index >= 15 is 0 Å². The average molecular weight is 298 g/mol. The summed E-state index contributed by atoms with van der Waals surface area (Å²) >= 11 is 0. The summed E-state index contributed by atoms with van der Waals surface area (Å²) < 4.78 is 5.39. The zero-order valence-electron chi connectivity index (χ0n) is 13.0. The minimum atomic E-state index is -0.261. The molecule has 0 saturated carbocycles. The van der Waals surface area contributed by atoms with Crippen molar-refractivity contribution in [3.05, 3.63) is 0 Å². The Bertz CT molecular complexity index is 377. The van der Waals surface area contributed by atoms with Crippen LogP contribution in [0.4, 0.5) is 4.79 Å². The molecule has 2 saturated heterocycles. The summed E-state index contributed by atoms with van der Waals surface area (Å²) in [7, 11) is 0. The van der Waals surface area contributed by atoms with Gasteiger partial charge in [0.05, 0.1) is 13.2 Å². The first-order chi connectivity index (χ1) is 10.1. The first-order valence-electron chi connectivity index (χ1n) is 7.74. The molecule has 0 aliphatic carbocycles. The molecule has 0 aromatic heterocycles. The summed E-state index contributed by atoms with van der Waals surface area (Å²) in [4.78, 5) is 29.4. The lowest BCUT2D eigenvalue weighted by atomic mass is 10.2. The number of nitrogens with one attached hydrogen (secondary N) is 1. The molecule has 120 valence electrons. The van der Waals surface area contributed by atoms with E-state index in [1.807, 2.05) is 6.92 Å². The largest absolute Gasteiger partial charge is 0.380 e. The van der Waals surface area contributed by atoms with Gasteiger partial charge in [-0.15, -0.1) is 0 Å². The number of carbonyl (C=O) groups is 2. The second-order valence-electron chi connectivity index (χ2n) is 5.59. The number of amides is 3. The van der Waals surface area contributed by atoms with Crippen molar-refractivity contribution < 1.29 is 14.3 Å². The number of hydrogen-bond acceptors (Lipinski definition) is 5. The molecule has 0 spiro atoms. The number of carbonyl (C=O) groups excluding carboxylic acids is 2. The van der Waals surface area contributed by atoms with E-state index < -0.39 is 0 Å². The van der Waals surface area contributed by atoms with Gasteiger partial charge in [0.1, 0.15) is 0 Å². The Labute approximate surface area is 126 Å². The fourth-order valence-corrected chi connectivity index (χ4v) is 2.86. The Morgan fingerprint density at radius 3 is 2.81 bits per heavy atom. The molecule has 2 rings (SSSR count). The molecule has 0 unspecified atom stereocenters. The molecule has 2 heterocycles. The van der Waals surface area contributed by atoms with Crippen molar-refractivity contribution in [3.8, 4) is 0 Å². The first-order valence-corrected chi connectivity index (χ1v) is 7.74. The lowest BCUT2D eigenvalue weighted by molar-refractivity contribution is -0.129. The van der Waals surface area contributed by atoms with E-state index in [1.165, 1.54) is 4.90 Å². The van der Waals surface area contributed by atoms with Gasteiger partial charge in [0.15, 0.2) is 0 Å². The van der Waals surface area contributed by atoms with Crippen molar-refractivity contribution in [2.45, 2.75) is 19.9 Å². The van der Waals surface area contributed by atoms with Crippen LogP contribution in [-0.2, 0) is 9.53 Å². The number of urea groups is 1. The van der Waals surface area contributed by atoms with Gasteiger partial charge in [-0.3, -0.25) is 19.5 Å². The van der Waals surface area contributed by atoms with Crippen LogP contribution in [0.5, 0.6) is 0 Å². The normalized spacial score (nSPS) is 24.4. The molecule has 0 aromatic rings. The minimum absolute atomic E-state index is 0.0973. The van der Waals surface area contributed by atoms with E-state index in [9.17, 15) is 9.59 Å². The SMILES string of the molecule is CCOCCN1CCN(CC(=O)N2CCNC2=O)C[C@@H]1C. The van der Waals surface area contributed by atoms with Crippen LogP contribution in [0.3, 0.4) is 0 Å². The molecule has 0 aromatic carbocycles. The molecule has 2 aliphatic rings. The van der Waals surface area contributed by atoms with Gasteiger partial charge in [-0.25, -0.2) is 4.79 Å². The summed E-state index contributed by atoms with van der Waals surface area (Å²) in [5.41, 5.74) is 0. The van der Waals surface area contributed by atoms with E-state index in [0.717, 1.165) is 39.4 Å². The van der Waals surface area contributed by atoms with Crippen LogP contribution in [0.15, 0.2) is 0 Å². The van der Waals surface area contributed by atoms with E-state index in [-0.39, 0.29) is 11.9 Å². The summed E-state index contributed by atoms with van der Waals surface area (Å²) in [6.45, 7) is 10.6. The highest BCUT2D eigenvalue weighted by molar-refractivity contribution is 5.96. The predicted octanol–water partition coefficient (Wildman–Crippen LogP) is -0.419. The molecule has 1 N–H and O–H groups in total. The third-order valence-electron chi connectivity index (χ3n) is 4.09. The highest BCUT2D eigenvalue weighted by Crippen LogP contribution is 2.10. The maximum Gasteiger partial charge on any atom is 0.324 e. The molecule has 21 heavy (non-hydrogen) atoms. The Morgan fingerprint density at radius 2 is 2.19 bits per heavy atom. The fourth-order valence-electron chi connectivity index (χ4n) is 2.86. The lowest BCUT2D eigenvalue weighted by Gasteiger charge is -2.39. The monoisotopic (exact) mass is 298 g/mol. The Balaban J connectivity index is 1.74. The number of hydrogen-bond donors (Lipinski definition) is 1. The molecular weight excluding hydrogens is 272 g/mol. The molecule has 2 fully saturated rings. The topological polar surface area (TPSA) is 65.1 Å². The van der Waals surface area contributed by atoms with Crippen molar-refractivity contribution in [3.63, 3.8) is 0 Å². The maximum absolute atomic E-state index is 12.1. The van der Waals surface area contributed by atoms with Crippen LogP contribution in [0, 0.1) is 0 Å². The van der Waals surface area contributed by atoms with Crippen LogP contribution in [0.2, 0.25) is 0 Å². The summed E-state index contributed by atoms with van der Waals surface area (Å²) in [6.07, 6.45) is 0. The molecule has 1 atom stereocenters. The van der Waals surface area contributed by atoms with E-state index in [2.05, 4.69) is 22.0 Å². The van der Waals surface area contributed by atoms with E-state index in [0.29, 0.717) is 25.7 Å². The van der Waals surface area contributed by atoms with Gasteiger partial charge in [0, 0.05) is 51.9 Å². The molecular formula is C14H26N4O3. The zero-order chi connectivity index (χ0) is 15.2. The van der Waals surface area contributed by atoms with Gasteiger partial charge in [0.25, 0.3) is 0 Å². The van der Waals surface area contributed by atoms with Crippen LogP contribution >= 0.6 is 0 Å². The number of nitrogens with zero attached hydrogens (tertiary/aromatic N) is 3. The third-order valence-corrected chi connectivity index (χ3v) is 4.09. The summed E-state index contributed by atoms with van der Waals surface area (Å²) in [5.74, 6) is -0.0973. The molecule has 0 radical (unpaired) electrons. The summed E-state index contributed by atoms with van der Waals surface area (Å²) in [6, 6.07) is 0.141. The molecule has 7 nitrogen and oxygen atoms in total. The van der Waals surface area contributed by atoms with Gasteiger partial charge in [-0.2, -0.15) is 0 Å². The maximum atomic E-state index is 12.1. The van der Waals surface area contributed by atoms with Crippen molar-refractivity contribution in [1.29, 1.82) is 0 Å². The average Bonchev–Trinajstić information content (AvgIpc) is 2.88. The van der Waals surface area contributed by atoms with Gasteiger partial charge in [-0.1, -0.05) is 0 Å². The lowest BCUT2D eigenvalue weighted by Crippen LogP contribution is -2.55. The van der Waals surface area contributed by atoms with E-state index in [1.54, 1.807) is 0 Å². The molecule has 0 bridgehead atoms. The molecule has 2 aliphatic heterocycles. The van der Waals surface area contributed by atoms with Crippen molar-refractivity contribution >= 4 is 11.9 Å². The molecule has 3 amide bonds. The quantitative estimate of drug-likeness (QED) is 0.675. The number of rotatable bonds is 6. The standard InChI is InChI=1S/C14H26N4O3/c1-3-21-9-8-17-7-6-16(10-12(17)2)11-13(19)18-5-4-15-14(18)20/h12H,3-11H2,1-2H3,(H,15,20)/t12-/m0/s1. The van der Waals surface area contributed by atoms with E-state index in [4.69, 9.17) is 4.74 Å². The highest BCUT2D eigenvalue weighted by Gasteiger charge is 2.30. The van der Waals surface area contributed by atoms with Gasteiger partial charge in [-0.05, 0) is 13.8 Å². The third kappa shape index (κ3) is 4.39. The predicted molar refractivity (Wildman–Crippen MR) is 79.1 cm³/mol. The minimum Gasteiger partial charge on any atom is -0.380 e. The Kier molecular flexibility index (Phi) is 5.96. The smallest absolute Gasteiger partial charge is 0.324 e. The van der Waals surface area contributed by atoms with Crippen LogP contribution < -0.4 is 5.32 Å².